The molecule has 1 aromatic heterocycles. The fourth-order valence-corrected chi connectivity index (χ4v) is 1.76. The normalized spacial score (nSPS) is 12.4. The predicted octanol–water partition coefficient (Wildman–Crippen LogP) is 1.53. The van der Waals surface area contributed by atoms with Gasteiger partial charge in [0, 0.05) is 12.0 Å². The summed E-state index contributed by atoms with van der Waals surface area (Å²) in [5, 5.41) is 15.3. The molecule has 0 unspecified atom stereocenters. The van der Waals surface area contributed by atoms with Gasteiger partial charge in [-0.05, 0) is 25.7 Å². The molecule has 0 saturated heterocycles. The van der Waals surface area contributed by atoms with Crippen LogP contribution in [-0.2, 0) is 16.0 Å². The molecule has 19 heavy (non-hydrogen) atoms. The Morgan fingerprint density at radius 3 is 2.63 bits per heavy atom. The molecule has 1 aromatic rings. The van der Waals surface area contributed by atoms with E-state index in [1.165, 1.54) is 6.26 Å². The molecule has 106 valence electrons. The number of aryl methyl sites for hydroxylation is 2. The first-order chi connectivity index (χ1) is 8.90. The first kappa shape index (κ1) is 15.2. The average molecular weight is 268 g/mol. The molecule has 0 aliphatic carbocycles. The molecular weight excluding hydrogens is 248 g/mol. The minimum absolute atomic E-state index is 0.210. The number of hydrogen-bond donors (Lipinski definition) is 2. The second kappa shape index (κ2) is 6.92. The summed E-state index contributed by atoms with van der Waals surface area (Å²) in [5.74, 6) is -1.06. The van der Waals surface area contributed by atoms with Crippen molar-refractivity contribution < 1.29 is 19.2 Å². The summed E-state index contributed by atoms with van der Waals surface area (Å²) in [4.78, 5) is 22.7. The van der Waals surface area contributed by atoms with Gasteiger partial charge in [0.05, 0.1) is 5.69 Å². The average Bonchev–Trinajstić information content (AvgIpc) is 2.70. The van der Waals surface area contributed by atoms with E-state index in [2.05, 4.69) is 10.5 Å². The third-order valence-electron chi connectivity index (χ3n) is 2.81. The van der Waals surface area contributed by atoms with Gasteiger partial charge in [-0.3, -0.25) is 4.79 Å². The van der Waals surface area contributed by atoms with Gasteiger partial charge < -0.3 is 14.9 Å². The first-order valence-electron chi connectivity index (χ1n) is 6.32. The van der Waals surface area contributed by atoms with Crippen molar-refractivity contribution in [1.29, 1.82) is 0 Å². The second-order valence-electron chi connectivity index (χ2n) is 5.01. The van der Waals surface area contributed by atoms with E-state index in [0.717, 1.165) is 11.3 Å². The lowest BCUT2D eigenvalue weighted by atomic mass is 10.0. The van der Waals surface area contributed by atoms with Crippen LogP contribution in [0.3, 0.4) is 0 Å². The van der Waals surface area contributed by atoms with E-state index in [-0.39, 0.29) is 18.2 Å². The van der Waals surface area contributed by atoms with Crippen LogP contribution in [0.4, 0.5) is 0 Å². The summed E-state index contributed by atoms with van der Waals surface area (Å²) in [5.41, 5.74) is 1.62. The fraction of sp³-hybridized carbons (Fsp3) is 0.615. The van der Waals surface area contributed by atoms with Crippen LogP contribution in [0.5, 0.6) is 0 Å². The summed E-state index contributed by atoms with van der Waals surface area (Å²) >= 11 is 0. The van der Waals surface area contributed by atoms with Crippen LogP contribution in [0, 0.1) is 12.8 Å². The minimum Gasteiger partial charge on any atom is -0.480 e. The predicted molar refractivity (Wildman–Crippen MR) is 68.6 cm³/mol. The van der Waals surface area contributed by atoms with Gasteiger partial charge >= 0.3 is 5.97 Å². The van der Waals surface area contributed by atoms with Crippen molar-refractivity contribution in [2.45, 2.75) is 46.1 Å². The lowest BCUT2D eigenvalue weighted by molar-refractivity contribution is -0.142. The monoisotopic (exact) mass is 268 g/mol. The Balaban J connectivity index is 2.45. The summed E-state index contributed by atoms with van der Waals surface area (Å²) in [7, 11) is 0. The van der Waals surface area contributed by atoms with Crippen LogP contribution in [0.15, 0.2) is 10.8 Å². The van der Waals surface area contributed by atoms with Crippen molar-refractivity contribution in [3.05, 3.63) is 17.5 Å². The van der Waals surface area contributed by atoms with Crippen LogP contribution in [-0.4, -0.2) is 28.2 Å². The number of carboxylic acids is 1. The maximum Gasteiger partial charge on any atom is 0.326 e. The molecule has 0 radical (unpaired) electrons. The van der Waals surface area contributed by atoms with Crippen molar-refractivity contribution in [2.75, 3.05) is 0 Å². The molecule has 1 atom stereocenters. The van der Waals surface area contributed by atoms with Gasteiger partial charge in [-0.2, -0.15) is 0 Å². The van der Waals surface area contributed by atoms with Gasteiger partial charge in [-0.25, -0.2) is 4.79 Å². The smallest absolute Gasteiger partial charge is 0.326 e. The van der Waals surface area contributed by atoms with Gasteiger partial charge in [0.25, 0.3) is 0 Å². The molecule has 6 nitrogen and oxygen atoms in total. The van der Waals surface area contributed by atoms with E-state index in [1.807, 2.05) is 13.8 Å². The molecular formula is C13H20N2O4. The molecule has 0 aromatic carbocycles. The van der Waals surface area contributed by atoms with Crippen molar-refractivity contribution in [1.82, 2.24) is 10.5 Å². The van der Waals surface area contributed by atoms with Crippen molar-refractivity contribution in [3.8, 4) is 0 Å². The van der Waals surface area contributed by atoms with E-state index in [0.29, 0.717) is 12.8 Å². The molecule has 1 heterocycles. The maximum atomic E-state index is 11.7. The largest absolute Gasteiger partial charge is 0.480 e. The number of aromatic nitrogens is 1. The molecule has 0 bridgehead atoms. The summed E-state index contributed by atoms with van der Waals surface area (Å²) in [6.07, 6.45) is 2.65. The van der Waals surface area contributed by atoms with Crippen molar-refractivity contribution in [3.63, 3.8) is 0 Å². The number of amides is 1. The number of hydrogen-bond acceptors (Lipinski definition) is 4. The number of carboxylic acid groups (broad SMARTS) is 1. The van der Waals surface area contributed by atoms with Crippen molar-refractivity contribution in [2.24, 2.45) is 5.92 Å². The molecule has 6 heteroatoms. The zero-order chi connectivity index (χ0) is 14.4. The van der Waals surface area contributed by atoms with Crippen molar-refractivity contribution >= 4 is 11.9 Å². The zero-order valence-corrected chi connectivity index (χ0v) is 11.5. The van der Waals surface area contributed by atoms with Crippen LogP contribution < -0.4 is 5.32 Å². The number of nitrogens with one attached hydrogen (secondary N) is 1. The number of aliphatic carboxylic acids is 1. The highest BCUT2D eigenvalue weighted by molar-refractivity contribution is 5.83. The Morgan fingerprint density at radius 2 is 2.16 bits per heavy atom. The molecule has 0 aliphatic rings. The molecule has 1 rings (SSSR count). The first-order valence-corrected chi connectivity index (χ1v) is 6.32. The van der Waals surface area contributed by atoms with Crippen LogP contribution in [0.25, 0.3) is 0 Å². The van der Waals surface area contributed by atoms with Crippen LogP contribution >= 0.6 is 0 Å². The third kappa shape index (κ3) is 5.11. The highest BCUT2D eigenvalue weighted by Crippen LogP contribution is 2.09. The Hall–Kier alpha value is -1.85. The maximum absolute atomic E-state index is 11.7. The van der Waals surface area contributed by atoms with E-state index in [9.17, 15) is 9.59 Å². The number of rotatable bonds is 7. The molecule has 0 saturated carbocycles. The highest BCUT2D eigenvalue weighted by atomic mass is 16.5. The van der Waals surface area contributed by atoms with Gasteiger partial charge in [-0.1, -0.05) is 19.0 Å². The lowest BCUT2D eigenvalue weighted by Gasteiger charge is -2.16. The van der Waals surface area contributed by atoms with E-state index >= 15 is 0 Å². The van der Waals surface area contributed by atoms with E-state index in [4.69, 9.17) is 9.63 Å². The summed E-state index contributed by atoms with van der Waals surface area (Å²) in [6.45, 7) is 5.64. The molecule has 0 aliphatic heterocycles. The summed E-state index contributed by atoms with van der Waals surface area (Å²) in [6, 6.07) is -0.823. The van der Waals surface area contributed by atoms with Gasteiger partial charge in [-0.15, -0.1) is 0 Å². The Kier molecular flexibility index (Phi) is 5.54. The second-order valence-corrected chi connectivity index (χ2v) is 5.01. The van der Waals surface area contributed by atoms with Gasteiger partial charge in [0.15, 0.2) is 0 Å². The fourth-order valence-electron chi connectivity index (χ4n) is 1.76. The zero-order valence-electron chi connectivity index (χ0n) is 11.5. The Morgan fingerprint density at radius 1 is 1.47 bits per heavy atom. The van der Waals surface area contributed by atoms with Gasteiger partial charge in [0.1, 0.15) is 12.3 Å². The minimum atomic E-state index is -0.997. The SMILES string of the molecule is Cc1nocc1CCC(=O)N[C@H](CC(C)C)C(=O)O. The highest BCUT2D eigenvalue weighted by Gasteiger charge is 2.21. The molecule has 0 spiro atoms. The lowest BCUT2D eigenvalue weighted by Crippen LogP contribution is -2.41. The third-order valence-corrected chi connectivity index (χ3v) is 2.81. The number of carbonyl (C=O) groups excluding carboxylic acids is 1. The molecule has 2 N–H and O–H groups in total. The Bertz CT molecular complexity index is 440. The Labute approximate surface area is 112 Å². The molecule has 0 fully saturated rings. The topological polar surface area (TPSA) is 92.4 Å². The molecule has 1 amide bonds. The van der Waals surface area contributed by atoms with E-state index < -0.39 is 12.0 Å². The van der Waals surface area contributed by atoms with E-state index in [1.54, 1.807) is 6.92 Å². The van der Waals surface area contributed by atoms with Crippen LogP contribution in [0.1, 0.15) is 37.9 Å². The van der Waals surface area contributed by atoms with Crippen LogP contribution in [0.2, 0.25) is 0 Å². The number of carbonyl (C=O) groups is 2. The standard InChI is InChI=1S/C13H20N2O4/c1-8(2)6-11(13(17)18)14-12(16)5-4-10-7-19-15-9(10)3/h7-8,11H,4-6H2,1-3H3,(H,14,16)(H,17,18)/t11-/m1/s1. The quantitative estimate of drug-likeness (QED) is 0.782. The number of nitrogens with zero attached hydrogens (tertiary/aromatic N) is 1. The summed E-state index contributed by atoms with van der Waals surface area (Å²) < 4.78 is 4.77. The van der Waals surface area contributed by atoms with Gasteiger partial charge in [0.2, 0.25) is 5.91 Å².